The van der Waals surface area contributed by atoms with Crippen LogP contribution in [0.25, 0.3) is 0 Å². The molecule has 0 aliphatic rings. The molecule has 2 heterocycles. The summed E-state index contributed by atoms with van der Waals surface area (Å²) in [6, 6.07) is 7.31. The van der Waals surface area contributed by atoms with Gasteiger partial charge in [0.1, 0.15) is 0 Å². The molecule has 4 nitrogen and oxygen atoms in total. The molecule has 0 spiro atoms. The predicted octanol–water partition coefficient (Wildman–Crippen LogP) is 2.50. The average Bonchev–Trinajstić information content (AvgIpc) is 2.41. The molecule has 0 saturated heterocycles. The molecule has 0 aliphatic carbocycles. The Morgan fingerprint density at radius 2 is 1.88 bits per heavy atom. The van der Waals surface area contributed by atoms with E-state index in [1.165, 1.54) is 0 Å². The molecule has 0 bridgehead atoms. The predicted molar refractivity (Wildman–Crippen MR) is 68.5 cm³/mol. The van der Waals surface area contributed by atoms with E-state index in [0.717, 1.165) is 11.1 Å². The van der Waals surface area contributed by atoms with Crippen LogP contribution in [0, 0.1) is 0 Å². The molecule has 2 aromatic heterocycles. The smallest absolute Gasteiger partial charge is 0.160 e. The molecule has 0 fully saturated rings. The number of hydrogen-bond acceptors (Lipinski definition) is 4. The SMILES string of the molecule is ClC(=NN=Cc1cccnc1)c1cccnc1. The van der Waals surface area contributed by atoms with Crippen LogP contribution < -0.4 is 0 Å². The van der Waals surface area contributed by atoms with Gasteiger partial charge in [-0.25, -0.2) is 0 Å². The Morgan fingerprint density at radius 3 is 2.53 bits per heavy atom. The lowest BCUT2D eigenvalue weighted by Crippen LogP contribution is -1.90. The van der Waals surface area contributed by atoms with Crippen molar-refractivity contribution >= 4 is 23.0 Å². The van der Waals surface area contributed by atoms with Crippen molar-refractivity contribution < 1.29 is 0 Å². The minimum atomic E-state index is 0.304. The van der Waals surface area contributed by atoms with Crippen molar-refractivity contribution in [1.29, 1.82) is 0 Å². The quantitative estimate of drug-likeness (QED) is 0.615. The van der Waals surface area contributed by atoms with Gasteiger partial charge in [-0.15, -0.1) is 5.10 Å². The third-order valence-electron chi connectivity index (χ3n) is 1.94. The van der Waals surface area contributed by atoms with E-state index < -0.39 is 0 Å². The van der Waals surface area contributed by atoms with Crippen LogP contribution >= 0.6 is 11.6 Å². The standard InChI is InChI=1S/C12H9ClN4/c13-12(11-4-2-6-15-9-11)17-16-8-10-3-1-5-14-7-10/h1-9H. The van der Waals surface area contributed by atoms with Gasteiger partial charge in [-0.05, 0) is 18.2 Å². The molecule has 0 aromatic carbocycles. The molecule has 5 heteroatoms. The van der Waals surface area contributed by atoms with Crippen LogP contribution in [-0.2, 0) is 0 Å². The first kappa shape index (κ1) is 11.4. The molecule has 17 heavy (non-hydrogen) atoms. The Bertz CT molecular complexity index is 523. The summed E-state index contributed by atoms with van der Waals surface area (Å²) in [5, 5.41) is 8.06. The molecular weight excluding hydrogens is 236 g/mol. The summed E-state index contributed by atoms with van der Waals surface area (Å²) in [5.41, 5.74) is 1.60. The van der Waals surface area contributed by atoms with E-state index in [2.05, 4.69) is 20.2 Å². The van der Waals surface area contributed by atoms with Crippen molar-refractivity contribution in [3.63, 3.8) is 0 Å². The molecule has 0 radical (unpaired) electrons. The maximum absolute atomic E-state index is 5.95. The lowest BCUT2D eigenvalue weighted by molar-refractivity contribution is 1.24. The van der Waals surface area contributed by atoms with Gasteiger partial charge >= 0.3 is 0 Å². The summed E-state index contributed by atoms with van der Waals surface area (Å²) >= 11 is 5.95. The first-order valence-corrected chi connectivity index (χ1v) is 5.31. The molecule has 0 atom stereocenters. The van der Waals surface area contributed by atoms with Crippen LogP contribution in [0.5, 0.6) is 0 Å². The highest BCUT2D eigenvalue weighted by Gasteiger charge is 1.97. The van der Waals surface area contributed by atoms with Gasteiger partial charge in [-0.2, -0.15) is 5.10 Å². The Kier molecular flexibility index (Phi) is 3.94. The highest BCUT2D eigenvalue weighted by Crippen LogP contribution is 2.03. The molecule has 84 valence electrons. The largest absolute Gasteiger partial charge is 0.264 e. The van der Waals surface area contributed by atoms with E-state index in [-0.39, 0.29) is 0 Å². The van der Waals surface area contributed by atoms with Gasteiger partial charge in [0.15, 0.2) is 5.17 Å². The normalized spacial score (nSPS) is 11.9. The van der Waals surface area contributed by atoms with Crippen molar-refractivity contribution in [3.8, 4) is 0 Å². The van der Waals surface area contributed by atoms with Crippen molar-refractivity contribution in [2.24, 2.45) is 10.2 Å². The third-order valence-corrected chi connectivity index (χ3v) is 2.23. The van der Waals surface area contributed by atoms with E-state index >= 15 is 0 Å². The van der Waals surface area contributed by atoms with Crippen molar-refractivity contribution in [2.75, 3.05) is 0 Å². The minimum absolute atomic E-state index is 0.304. The van der Waals surface area contributed by atoms with Crippen molar-refractivity contribution in [3.05, 3.63) is 60.2 Å². The second-order valence-electron chi connectivity index (χ2n) is 3.16. The van der Waals surface area contributed by atoms with Crippen LogP contribution in [0.15, 0.2) is 59.3 Å². The second kappa shape index (κ2) is 5.86. The van der Waals surface area contributed by atoms with Gasteiger partial charge in [-0.1, -0.05) is 17.7 Å². The first-order valence-electron chi connectivity index (χ1n) is 4.93. The summed E-state index contributed by atoms with van der Waals surface area (Å²) in [6.07, 6.45) is 8.28. The second-order valence-corrected chi connectivity index (χ2v) is 3.52. The van der Waals surface area contributed by atoms with Crippen LogP contribution in [-0.4, -0.2) is 21.4 Å². The lowest BCUT2D eigenvalue weighted by atomic mass is 10.3. The van der Waals surface area contributed by atoms with E-state index in [1.54, 1.807) is 37.1 Å². The van der Waals surface area contributed by atoms with Gasteiger partial charge in [0, 0.05) is 35.9 Å². The number of rotatable bonds is 3. The minimum Gasteiger partial charge on any atom is -0.264 e. The summed E-state index contributed by atoms with van der Waals surface area (Å²) in [6.45, 7) is 0. The molecular formula is C12H9ClN4. The van der Waals surface area contributed by atoms with Crippen molar-refractivity contribution in [2.45, 2.75) is 0 Å². The molecule has 0 aliphatic heterocycles. The Morgan fingerprint density at radius 1 is 1.12 bits per heavy atom. The van der Waals surface area contributed by atoms with E-state index in [4.69, 9.17) is 11.6 Å². The van der Waals surface area contributed by atoms with E-state index in [9.17, 15) is 0 Å². The van der Waals surface area contributed by atoms with Crippen molar-refractivity contribution in [1.82, 2.24) is 9.97 Å². The topological polar surface area (TPSA) is 50.5 Å². The van der Waals surface area contributed by atoms with Crippen LogP contribution in [0.2, 0.25) is 0 Å². The van der Waals surface area contributed by atoms with Crippen LogP contribution in [0.1, 0.15) is 11.1 Å². The molecule has 0 unspecified atom stereocenters. The van der Waals surface area contributed by atoms with Gasteiger partial charge in [0.2, 0.25) is 0 Å². The van der Waals surface area contributed by atoms with E-state index in [1.807, 2.05) is 18.2 Å². The third kappa shape index (κ3) is 3.46. The monoisotopic (exact) mass is 244 g/mol. The zero-order valence-corrected chi connectivity index (χ0v) is 9.62. The van der Waals surface area contributed by atoms with Gasteiger partial charge < -0.3 is 0 Å². The molecule has 0 saturated carbocycles. The highest BCUT2D eigenvalue weighted by atomic mass is 35.5. The van der Waals surface area contributed by atoms with Gasteiger partial charge in [0.25, 0.3) is 0 Å². The maximum Gasteiger partial charge on any atom is 0.160 e. The molecule has 0 N–H and O–H groups in total. The molecule has 0 amide bonds. The van der Waals surface area contributed by atoms with Gasteiger partial charge in [-0.3, -0.25) is 9.97 Å². The fourth-order valence-corrected chi connectivity index (χ4v) is 1.30. The van der Waals surface area contributed by atoms with Crippen LogP contribution in [0.3, 0.4) is 0 Å². The van der Waals surface area contributed by atoms with E-state index in [0.29, 0.717) is 5.17 Å². The summed E-state index contributed by atoms with van der Waals surface area (Å²) in [7, 11) is 0. The number of halogens is 1. The highest BCUT2D eigenvalue weighted by molar-refractivity contribution is 6.69. The van der Waals surface area contributed by atoms with Crippen LogP contribution in [0.4, 0.5) is 0 Å². The Hall–Kier alpha value is -2.07. The number of hydrogen-bond donors (Lipinski definition) is 0. The average molecular weight is 245 g/mol. The number of pyridine rings is 2. The fourth-order valence-electron chi connectivity index (χ4n) is 1.14. The maximum atomic E-state index is 5.95. The lowest BCUT2D eigenvalue weighted by Gasteiger charge is -1.93. The Labute approximate surface area is 104 Å². The molecule has 2 aromatic rings. The summed E-state index contributed by atoms with van der Waals surface area (Å²) in [5.74, 6) is 0. The Balaban J connectivity index is 2.09. The number of nitrogens with zero attached hydrogens (tertiary/aromatic N) is 4. The zero-order chi connectivity index (χ0) is 11.9. The summed E-state index contributed by atoms with van der Waals surface area (Å²) < 4.78 is 0. The van der Waals surface area contributed by atoms with Gasteiger partial charge in [0.05, 0.1) is 6.21 Å². The molecule has 2 rings (SSSR count). The number of aromatic nitrogens is 2. The summed E-state index contributed by atoms with van der Waals surface area (Å²) in [4.78, 5) is 7.90. The first-order chi connectivity index (χ1) is 8.36. The fraction of sp³-hybridized carbons (Fsp3) is 0. The zero-order valence-electron chi connectivity index (χ0n) is 8.86.